The molecular weight excluding hydrogens is 254 g/mol. The summed E-state index contributed by atoms with van der Waals surface area (Å²) in [5, 5.41) is 13.2. The van der Waals surface area contributed by atoms with Gasteiger partial charge in [-0.3, -0.25) is 4.79 Å². The second kappa shape index (κ2) is 5.24. The molecule has 2 saturated carbocycles. The van der Waals surface area contributed by atoms with E-state index >= 15 is 0 Å². The molecule has 4 unspecified atom stereocenters. The second-order valence-corrected chi connectivity index (χ2v) is 6.60. The first-order valence-electron chi connectivity index (χ1n) is 7.59. The maximum absolute atomic E-state index is 12.2. The molecule has 20 heavy (non-hydrogen) atoms. The molecule has 2 aliphatic carbocycles. The molecule has 4 atom stereocenters. The molecule has 0 aliphatic heterocycles. The molecule has 2 fully saturated rings. The van der Waals surface area contributed by atoms with Gasteiger partial charge < -0.3 is 14.8 Å². The number of aliphatic hydroxyl groups is 1. The van der Waals surface area contributed by atoms with Crippen molar-refractivity contribution in [3.8, 4) is 0 Å². The Labute approximate surface area is 119 Å². The Morgan fingerprint density at radius 2 is 2.40 bits per heavy atom. The van der Waals surface area contributed by atoms with E-state index in [1.165, 1.54) is 0 Å². The number of furan rings is 1. The summed E-state index contributed by atoms with van der Waals surface area (Å²) in [5.74, 6) is 1.30. The van der Waals surface area contributed by atoms with Gasteiger partial charge in [-0.25, -0.2) is 0 Å². The average molecular weight is 277 g/mol. The van der Waals surface area contributed by atoms with Crippen LogP contribution in [0, 0.1) is 11.3 Å². The maximum atomic E-state index is 12.2. The molecule has 0 aromatic carbocycles. The van der Waals surface area contributed by atoms with Crippen LogP contribution in [0.25, 0.3) is 0 Å². The van der Waals surface area contributed by atoms with Gasteiger partial charge in [0.2, 0.25) is 5.91 Å². The summed E-state index contributed by atoms with van der Waals surface area (Å²) in [7, 11) is 0. The van der Waals surface area contributed by atoms with Crippen molar-refractivity contribution < 1.29 is 14.3 Å². The average Bonchev–Trinajstić information content (AvgIpc) is 3.06. The Morgan fingerprint density at radius 1 is 1.55 bits per heavy atom. The third-order valence-corrected chi connectivity index (χ3v) is 4.98. The summed E-state index contributed by atoms with van der Waals surface area (Å²) >= 11 is 0. The fourth-order valence-corrected chi connectivity index (χ4v) is 3.31. The summed E-state index contributed by atoms with van der Waals surface area (Å²) in [4.78, 5) is 12.2. The van der Waals surface area contributed by atoms with Crippen molar-refractivity contribution in [2.75, 3.05) is 6.54 Å². The van der Waals surface area contributed by atoms with Gasteiger partial charge in [0.25, 0.3) is 0 Å². The number of rotatable bonds is 4. The smallest absolute Gasteiger partial charge is 0.223 e. The van der Waals surface area contributed by atoms with E-state index in [4.69, 9.17) is 4.42 Å². The predicted molar refractivity (Wildman–Crippen MR) is 75.1 cm³/mol. The van der Waals surface area contributed by atoms with Crippen molar-refractivity contribution in [2.45, 2.75) is 51.0 Å². The summed E-state index contributed by atoms with van der Waals surface area (Å²) < 4.78 is 5.35. The molecule has 4 heteroatoms. The minimum Gasteiger partial charge on any atom is -0.469 e. The van der Waals surface area contributed by atoms with Crippen molar-refractivity contribution in [2.24, 2.45) is 11.3 Å². The number of nitrogens with one attached hydrogen (secondary N) is 1. The molecule has 0 radical (unpaired) electrons. The van der Waals surface area contributed by atoms with Crippen LogP contribution < -0.4 is 5.32 Å². The van der Waals surface area contributed by atoms with E-state index in [2.05, 4.69) is 12.2 Å². The fourth-order valence-electron chi connectivity index (χ4n) is 3.31. The Bertz CT molecular complexity index is 470. The van der Waals surface area contributed by atoms with Crippen LogP contribution in [0.15, 0.2) is 22.8 Å². The van der Waals surface area contributed by atoms with E-state index in [1.54, 1.807) is 6.26 Å². The van der Waals surface area contributed by atoms with E-state index in [1.807, 2.05) is 12.1 Å². The van der Waals surface area contributed by atoms with Crippen molar-refractivity contribution in [1.29, 1.82) is 0 Å². The number of carbonyl (C=O) groups is 1. The van der Waals surface area contributed by atoms with Gasteiger partial charge >= 0.3 is 0 Å². The molecule has 1 aromatic heterocycles. The van der Waals surface area contributed by atoms with Gasteiger partial charge in [-0.15, -0.1) is 0 Å². The van der Waals surface area contributed by atoms with Gasteiger partial charge in [0.15, 0.2) is 0 Å². The first-order valence-corrected chi connectivity index (χ1v) is 7.59. The van der Waals surface area contributed by atoms with Crippen LogP contribution in [-0.4, -0.2) is 23.7 Å². The van der Waals surface area contributed by atoms with Gasteiger partial charge in [0.05, 0.1) is 12.4 Å². The zero-order valence-electron chi connectivity index (χ0n) is 12.0. The molecule has 3 rings (SSSR count). The molecule has 2 aliphatic rings. The minimum absolute atomic E-state index is 0.0467. The molecule has 0 saturated heterocycles. The van der Waals surface area contributed by atoms with E-state index < -0.39 is 0 Å². The van der Waals surface area contributed by atoms with Gasteiger partial charge in [-0.2, -0.15) is 0 Å². The zero-order valence-corrected chi connectivity index (χ0v) is 12.0. The van der Waals surface area contributed by atoms with Gasteiger partial charge in [0, 0.05) is 23.8 Å². The molecule has 1 heterocycles. The van der Waals surface area contributed by atoms with Crippen LogP contribution >= 0.6 is 0 Å². The van der Waals surface area contributed by atoms with Crippen molar-refractivity contribution in [3.05, 3.63) is 24.2 Å². The van der Waals surface area contributed by atoms with Gasteiger partial charge in [-0.1, -0.05) is 19.8 Å². The first kappa shape index (κ1) is 13.7. The Hall–Kier alpha value is -1.29. The Morgan fingerprint density at radius 3 is 3.10 bits per heavy atom. The van der Waals surface area contributed by atoms with Crippen LogP contribution in [0.1, 0.15) is 50.7 Å². The van der Waals surface area contributed by atoms with Gasteiger partial charge in [0.1, 0.15) is 5.76 Å². The van der Waals surface area contributed by atoms with Crippen LogP contribution in [0.2, 0.25) is 0 Å². The molecule has 110 valence electrons. The summed E-state index contributed by atoms with van der Waals surface area (Å²) in [6.45, 7) is 2.66. The molecular formula is C16H23NO3. The molecule has 1 aromatic rings. The lowest BCUT2D eigenvalue weighted by molar-refractivity contribution is -0.123. The first-order chi connectivity index (χ1) is 9.60. The standard InChI is InChI=1S/C16H23NO3/c1-16(7-3-2-6-14(16)18)10-17-15(19)12-9-11(12)13-5-4-8-20-13/h4-5,8,11-12,14,18H,2-3,6-7,9-10H2,1H3,(H,17,19). The van der Waals surface area contributed by atoms with Crippen molar-refractivity contribution >= 4 is 5.91 Å². The van der Waals surface area contributed by atoms with Crippen LogP contribution in [0.5, 0.6) is 0 Å². The maximum Gasteiger partial charge on any atom is 0.223 e. The monoisotopic (exact) mass is 277 g/mol. The Balaban J connectivity index is 1.51. The van der Waals surface area contributed by atoms with Gasteiger partial charge in [-0.05, 0) is 31.4 Å². The number of carbonyl (C=O) groups excluding carboxylic acids is 1. The number of hydrogen-bond acceptors (Lipinski definition) is 3. The third kappa shape index (κ3) is 2.62. The van der Waals surface area contributed by atoms with Crippen molar-refractivity contribution in [3.63, 3.8) is 0 Å². The van der Waals surface area contributed by atoms with E-state index in [9.17, 15) is 9.90 Å². The van der Waals surface area contributed by atoms with Crippen molar-refractivity contribution in [1.82, 2.24) is 5.32 Å². The largest absolute Gasteiger partial charge is 0.469 e. The Kier molecular flexibility index (Phi) is 3.59. The normalized spacial score (nSPS) is 36.6. The minimum atomic E-state index is -0.295. The predicted octanol–water partition coefficient (Wildman–Crippen LogP) is 2.44. The lowest BCUT2D eigenvalue weighted by Crippen LogP contribution is -2.45. The van der Waals surface area contributed by atoms with Crippen LogP contribution in [-0.2, 0) is 4.79 Å². The van der Waals surface area contributed by atoms with Crippen LogP contribution in [0.4, 0.5) is 0 Å². The highest BCUT2D eigenvalue weighted by Gasteiger charge is 2.46. The molecule has 2 N–H and O–H groups in total. The third-order valence-electron chi connectivity index (χ3n) is 4.98. The number of hydrogen-bond donors (Lipinski definition) is 2. The molecule has 0 bridgehead atoms. The molecule has 1 amide bonds. The number of aliphatic hydroxyl groups excluding tert-OH is 1. The zero-order chi connectivity index (χ0) is 14.2. The lowest BCUT2D eigenvalue weighted by atomic mass is 9.73. The topological polar surface area (TPSA) is 62.5 Å². The fraction of sp³-hybridized carbons (Fsp3) is 0.688. The highest BCUT2D eigenvalue weighted by Crippen LogP contribution is 2.47. The second-order valence-electron chi connectivity index (χ2n) is 6.60. The van der Waals surface area contributed by atoms with E-state index in [-0.39, 0.29) is 29.3 Å². The molecule has 4 nitrogen and oxygen atoms in total. The molecule has 0 spiro atoms. The summed E-state index contributed by atoms with van der Waals surface area (Å²) in [5.41, 5.74) is -0.164. The highest BCUT2D eigenvalue weighted by atomic mass is 16.3. The quantitative estimate of drug-likeness (QED) is 0.888. The highest BCUT2D eigenvalue weighted by molar-refractivity contribution is 5.82. The van der Waals surface area contributed by atoms with Crippen LogP contribution in [0.3, 0.4) is 0 Å². The number of amides is 1. The SMILES string of the molecule is CC1(CNC(=O)C2CC2c2ccco2)CCCCC1O. The van der Waals surface area contributed by atoms with E-state index in [0.29, 0.717) is 6.54 Å². The van der Waals surface area contributed by atoms with E-state index in [0.717, 1.165) is 37.9 Å². The lowest BCUT2D eigenvalue weighted by Gasteiger charge is -2.38. The summed E-state index contributed by atoms with van der Waals surface area (Å²) in [6.07, 6.45) is 6.30. The summed E-state index contributed by atoms with van der Waals surface area (Å²) in [6, 6.07) is 3.80.